The van der Waals surface area contributed by atoms with Crippen LogP contribution in [-0.4, -0.2) is 16.8 Å². The van der Waals surface area contributed by atoms with Crippen molar-refractivity contribution in [3.63, 3.8) is 0 Å². The topological polar surface area (TPSA) is 40.5 Å². The summed E-state index contributed by atoms with van der Waals surface area (Å²) in [5.74, 6) is 0. The smallest absolute Gasteiger partial charge is 0.0837 e. The molecular formula is C9H10BrClO2. The Labute approximate surface area is 90.3 Å². The summed E-state index contributed by atoms with van der Waals surface area (Å²) in [5.41, 5.74) is 0.637. The van der Waals surface area contributed by atoms with E-state index in [0.717, 1.165) is 4.47 Å². The van der Waals surface area contributed by atoms with E-state index in [-0.39, 0.29) is 6.61 Å². The van der Waals surface area contributed by atoms with E-state index in [1.54, 1.807) is 12.1 Å². The van der Waals surface area contributed by atoms with E-state index < -0.39 is 6.10 Å². The van der Waals surface area contributed by atoms with Gasteiger partial charge in [0.25, 0.3) is 0 Å². The first-order valence-corrected chi connectivity index (χ1v) is 5.06. The number of aliphatic hydroxyl groups is 2. The van der Waals surface area contributed by atoms with Gasteiger partial charge in [0.05, 0.1) is 6.10 Å². The van der Waals surface area contributed by atoms with Crippen molar-refractivity contribution in [2.45, 2.75) is 12.5 Å². The van der Waals surface area contributed by atoms with Crippen LogP contribution in [0.5, 0.6) is 0 Å². The highest BCUT2D eigenvalue weighted by Crippen LogP contribution is 2.31. The fourth-order valence-electron chi connectivity index (χ4n) is 1.10. The van der Waals surface area contributed by atoms with Crippen LogP contribution in [-0.2, 0) is 0 Å². The van der Waals surface area contributed by atoms with Gasteiger partial charge in [0.1, 0.15) is 0 Å². The molecule has 0 spiro atoms. The number of hydrogen-bond donors (Lipinski definition) is 2. The molecule has 1 aromatic carbocycles. The third-order valence-corrected chi connectivity index (χ3v) is 2.76. The van der Waals surface area contributed by atoms with Gasteiger partial charge < -0.3 is 10.2 Å². The van der Waals surface area contributed by atoms with Crippen LogP contribution in [0.2, 0.25) is 5.02 Å². The second kappa shape index (κ2) is 4.96. The predicted molar refractivity (Wildman–Crippen MR) is 55.8 cm³/mol. The van der Waals surface area contributed by atoms with Crippen LogP contribution in [0.15, 0.2) is 22.7 Å². The average molecular weight is 266 g/mol. The summed E-state index contributed by atoms with van der Waals surface area (Å²) >= 11 is 9.18. The molecule has 1 aromatic rings. The van der Waals surface area contributed by atoms with Gasteiger partial charge in [-0.3, -0.25) is 0 Å². The van der Waals surface area contributed by atoms with Crippen molar-refractivity contribution < 1.29 is 10.2 Å². The van der Waals surface area contributed by atoms with Gasteiger partial charge in [0, 0.05) is 28.1 Å². The quantitative estimate of drug-likeness (QED) is 0.882. The SMILES string of the molecule is OCCC(O)c1c(Cl)cccc1Br. The molecule has 0 heterocycles. The monoisotopic (exact) mass is 264 g/mol. The molecule has 2 N–H and O–H groups in total. The molecule has 13 heavy (non-hydrogen) atoms. The van der Waals surface area contributed by atoms with Crippen LogP contribution in [0.1, 0.15) is 18.1 Å². The summed E-state index contributed by atoms with van der Waals surface area (Å²) < 4.78 is 0.765. The molecule has 0 aromatic heterocycles. The van der Waals surface area contributed by atoms with Crippen molar-refractivity contribution in [3.05, 3.63) is 33.3 Å². The minimum absolute atomic E-state index is 0.0567. The van der Waals surface area contributed by atoms with Crippen LogP contribution in [0.4, 0.5) is 0 Å². The summed E-state index contributed by atoms with van der Waals surface area (Å²) in [6.07, 6.45) is -0.421. The molecular weight excluding hydrogens is 255 g/mol. The number of hydrogen-bond acceptors (Lipinski definition) is 2. The number of rotatable bonds is 3. The van der Waals surface area contributed by atoms with Crippen LogP contribution >= 0.6 is 27.5 Å². The summed E-state index contributed by atoms with van der Waals surface area (Å²) in [4.78, 5) is 0. The molecule has 2 nitrogen and oxygen atoms in total. The fraction of sp³-hybridized carbons (Fsp3) is 0.333. The van der Waals surface area contributed by atoms with E-state index in [1.807, 2.05) is 6.07 Å². The predicted octanol–water partition coefficient (Wildman–Crippen LogP) is 2.52. The standard InChI is InChI=1S/C9H10BrClO2/c10-6-2-1-3-7(11)9(6)8(13)4-5-12/h1-3,8,12-13H,4-5H2. The maximum absolute atomic E-state index is 9.61. The second-order valence-electron chi connectivity index (χ2n) is 2.66. The first-order chi connectivity index (χ1) is 6.16. The summed E-state index contributed by atoms with van der Waals surface area (Å²) in [5, 5.41) is 18.8. The van der Waals surface area contributed by atoms with Crippen molar-refractivity contribution >= 4 is 27.5 Å². The van der Waals surface area contributed by atoms with Gasteiger partial charge in [0.15, 0.2) is 0 Å². The van der Waals surface area contributed by atoms with Gasteiger partial charge in [-0.15, -0.1) is 0 Å². The Kier molecular flexibility index (Phi) is 4.19. The van der Waals surface area contributed by atoms with Gasteiger partial charge in [-0.05, 0) is 12.1 Å². The van der Waals surface area contributed by atoms with Crippen molar-refractivity contribution in [1.29, 1.82) is 0 Å². The zero-order chi connectivity index (χ0) is 9.84. The number of benzene rings is 1. The highest BCUT2D eigenvalue weighted by atomic mass is 79.9. The highest BCUT2D eigenvalue weighted by molar-refractivity contribution is 9.10. The van der Waals surface area contributed by atoms with E-state index in [9.17, 15) is 5.11 Å². The third kappa shape index (κ3) is 2.68. The lowest BCUT2D eigenvalue weighted by Crippen LogP contribution is -2.01. The van der Waals surface area contributed by atoms with Crippen LogP contribution in [0.25, 0.3) is 0 Å². The molecule has 1 rings (SSSR count). The first kappa shape index (κ1) is 11.0. The van der Waals surface area contributed by atoms with Gasteiger partial charge in [-0.25, -0.2) is 0 Å². The molecule has 0 bridgehead atoms. The molecule has 0 radical (unpaired) electrons. The Hall–Kier alpha value is -0.0900. The summed E-state index contributed by atoms with van der Waals surface area (Å²) in [6.45, 7) is -0.0567. The van der Waals surface area contributed by atoms with E-state index in [4.69, 9.17) is 16.7 Å². The van der Waals surface area contributed by atoms with Gasteiger partial charge in [-0.1, -0.05) is 33.6 Å². The molecule has 0 saturated heterocycles. The van der Waals surface area contributed by atoms with Crippen LogP contribution < -0.4 is 0 Å². The zero-order valence-electron chi connectivity index (χ0n) is 6.87. The van der Waals surface area contributed by atoms with E-state index in [2.05, 4.69) is 15.9 Å². The minimum atomic E-state index is -0.715. The Morgan fingerprint density at radius 1 is 1.46 bits per heavy atom. The lowest BCUT2D eigenvalue weighted by Gasteiger charge is -2.12. The molecule has 0 fully saturated rings. The third-order valence-electron chi connectivity index (χ3n) is 1.74. The Balaban J connectivity index is 2.98. The van der Waals surface area contributed by atoms with E-state index >= 15 is 0 Å². The maximum Gasteiger partial charge on any atom is 0.0837 e. The molecule has 0 aliphatic carbocycles. The molecule has 1 unspecified atom stereocenters. The van der Waals surface area contributed by atoms with Gasteiger partial charge >= 0.3 is 0 Å². The van der Waals surface area contributed by atoms with Crippen LogP contribution in [0.3, 0.4) is 0 Å². The lowest BCUT2D eigenvalue weighted by atomic mass is 10.1. The van der Waals surface area contributed by atoms with E-state index in [0.29, 0.717) is 17.0 Å². The largest absolute Gasteiger partial charge is 0.396 e. The van der Waals surface area contributed by atoms with Crippen molar-refractivity contribution in [2.75, 3.05) is 6.61 Å². The number of halogens is 2. The summed E-state index contributed by atoms with van der Waals surface area (Å²) in [7, 11) is 0. The Morgan fingerprint density at radius 2 is 2.15 bits per heavy atom. The van der Waals surface area contributed by atoms with Crippen molar-refractivity contribution in [3.8, 4) is 0 Å². The lowest BCUT2D eigenvalue weighted by molar-refractivity contribution is 0.134. The molecule has 0 saturated carbocycles. The Morgan fingerprint density at radius 3 is 2.69 bits per heavy atom. The number of aliphatic hydroxyl groups excluding tert-OH is 2. The molecule has 0 aliphatic rings. The molecule has 4 heteroatoms. The highest BCUT2D eigenvalue weighted by Gasteiger charge is 2.13. The maximum atomic E-state index is 9.61. The first-order valence-electron chi connectivity index (χ1n) is 3.89. The minimum Gasteiger partial charge on any atom is -0.396 e. The average Bonchev–Trinajstić information content (AvgIpc) is 2.04. The van der Waals surface area contributed by atoms with E-state index in [1.165, 1.54) is 0 Å². The summed E-state index contributed by atoms with van der Waals surface area (Å²) in [6, 6.07) is 5.31. The fourth-order valence-corrected chi connectivity index (χ4v) is 2.14. The second-order valence-corrected chi connectivity index (χ2v) is 3.92. The Bertz CT molecular complexity index is 271. The molecule has 0 amide bonds. The van der Waals surface area contributed by atoms with Crippen LogP contribution in [0, 0.1) is 0 Å². The molecule has 0 aliphatic heterocycles. The van der Waals surface area contributed by atoms with Gasteiger partial charge in [-0.2, -0.15) is 0 Å². The van der Waals surface area contributed by atoms with Gasteiger partial charge in [0.2, 0.25) is 0 Å². The zero-order valence-corrected chi connectivity index (χ0v) is 9.22. The molecule has 72 valence electrons. The molecule has 1 atom stereocenters. The normalized spacial score (nSPS) is 12.9. The van der Waals surface area contributed by atoms with Crippen molar-refractivity contribution in [1.82, 2.24) is 0 Å². The van der Waals surface area contributed by atoms with Crippen molar-refractivity contribution in [2.24, 2.45) is 0 Å².